The van der Waals surface area contributed by atoms with Crippen LogP contribution >= 0.6 is 0 Å². The Morgan fingerprint density at radius 3 is 2.65 bits per heavy atom. The Kier molecular flexibility index (Phi) is 3.14. The second-order valence-corrected chi connectivity index (χ2v) is 4.56. The molecule has 0 aliphatic rings. The number of benzene rings is 2. The van der Waals surface area contributed by atoms with Gasteiger partial charge in [0.25, 0.3) is 0 Å². The first-order valence-electron chi connectivity index (χ1n) is 6.18. The molecule has 0 saturated carbocycles. The third-order valence-corrected chi connectivity index (χ3v) is 3.26. The van der Waals surface area contributed by atoms with Crippen molar-refractivity contribution in [2.45, 2.75) is 6.04 Å². The summed E-state index contributed by atoms with van der Waals surface area (Å²) in [7, 11) is 0. The lowest BCUT2D eigenvalue weighted by atomic mass is 10.0. The van der Waals surface area contributed by atoms with Gasteiger partial charge in [-0.3, -0.25) is 5.84 Å². The van der Waals surface area contributed by atoms with Gasteiger partial charge in [-0.15, -0.1) is 0 Å². The van der Waals surface area contributed by atoms with Crippen LogP contribution in [0, 0.1) is 5.82 Å². The van der Waals surface area contributed by atoms with Crippen molar-refractivity contribution in [2.24, 2.45) is 5.84 Å². The van der Waals surface area contributed by atoms with E-state index in [1.807, 2.05) is 30.3 Å². The first-order valence-corrected chi connectivity index (χ1v) is 6.18. The van der Waals surface area contributed by atoms with Gasteiger partial charge in [0, 0.05) is 16.6 Å². The molecule has 0 saturated heterocycles. The third-order valence-electron chi connectivity index (χ3n) is 3.26. The predicted molar refractivity (Wildman–Crippen MR) is 76.2 cm³/mol. The number of nitrogen functional groups attached to an aromatic ring is 1. The summed E-state index contributed by atoms with van der Waals surface area (Å²) in [5, 5.41) is 0.956. The average molecular weight is 271 g/mol. The number of fused-ring (bicyclic) bond motifs is 1. The van der Waals surface area contributed by atoms with E-state index >= 15 is 0 Å². The summed E-state index contributed by atoms with van der Waals surface area (Å²) in [6, 6.07) is 13.1. The highest BCUT2D eigenvalue weighted by atomic mass is 19.1. The van der Waals surface area contributed by atoms with Crippen LogP contribution in [-0.4, -0.2) is 0 Å². The van der Waals surface area contributed by atoms with Crippen LogP contribution in [0.2, 0.25) is 0 Å². The molecule has 1 heterocycles. The molecular weight excluding hydrogens is 257 g/mol. The zero-order valence-electron chi connectivity index (χ0n) is 10.6. The van der Waals surface area contributed by atoms with Gasteiger partial charge in [-0.1, -0.05) is 18.2 Å². The lowest BCUT2D eigenvalue weighted by Crippen LogP contribution is -2.29. The fraction of sp³-hybridized carbons (Fsp3) is 0.0667. The highest BCUT2D eigenvalue weighted by molar-refractivity contribution is 5.78. The van der Waals surface area contributed by atoms with Gasteiger partial charge in [-0.2, -0.15) is 0 Å². The van der Waals surface area contributed by atoms with Crippen molar-refractivity contribution in [3.8, 4) is 0 Å². The molecule has 2 aromatic carbocycles. The summed E-state index contributed by atoms with van der Waals surface area (Å²) in [6.45, 7) is 0. The van der Waals surface area contributed by atoms with Crippen LogP contribution < -0.4 is 17.0 Å². The minimum absolute atomic E-state index is 0.370. The molecule has 1 aromatic heterocycles. The van der Waals surface area contributed by atoms with E-state index < -0.39 is 6.04 Å². The number of hydrogen-bond donors (Lipinski definition) is 3. The van der Waals surface area contributed by atoms with Gasteiger partial charge in [0.15, 0.2) is 0 Å². The maximum absolute atomic E-state index is 13.4. The zero-order valence-corrected chi connectivity index (χ0v) is 10.6. The summed E-state index contributed by atoms with van der Waals surface area (Å²) in [5.41, 5.74) is 10.3. The Hall–Kier alpha value is -2.37. The van der Waals surface area contributed by atoms with Crippen LogP contribution in [0.5, 0.6) is 0 Å². The SMILES string of the molecule is NNC(c1cc2ccccc2o1)c1cc(F)ccc1N. The molecule has 1 unspecified atom stereocenters. The fourth-order valence-corrected chi connectivity index (χ4v) is 2.27. The smallest absolute Gasteiger partial charge is 0.134 e. The summed E-state index contributed by atoms with van der Waals surface area (Å²) in [5.74, 6) is 5.81. The molecule has 3 aromatic rings. The first kappa shape index (κ1) is 12.7. The van der Waals surface area contributed by atoms with Crippen molar-refractivity contribution < 1.29 is 8.81 Å². The molecule has 5 N–H and O–H groups in total. The number of rotatable bonds is 3. The topological polar surface area (TPSA) is 77.2 Å². The van der Waals surface area contributed by atoms with Crippen molar-refractivity contribution in [1.82, 2.24) is 5.43 Å². The number of nitrogens with two attached hydrogens (primary N) is 2. The molecule has 0 aliphatic heterocycles. The van der Waals surface area contributed by atoms with Crippen molar-refractivity contribution in [3.63, 3.8) is 0 Å². The fourth-order valence-electron chi connectivity index (χ4n) is 2.27. The van der Waals surface area contributed by atoms with Gasteiger partial charge < -0.3 is 10.2 Å². The molecule has 0 bridgehead atoms. The van der Waals surface area contributed by atoms with E-state index in [1.54, 1.807) is 0 Å². The van der Waals surface area contributed by atoms with E-state index in [-0.39, 0.29) is 5.82 Å². The Morgan fingerprint density at radius 1 is 1.10 bits per heavy atom. The van der Waals surface area contributed by atoms with E-state index in [1.165, 1.54) is 18.2 Å². The molecular formula is C15H14FN3O. The molecule has 0 aliphatic carbocycles. The van der Waals surface area contributed by atoms with Gasteiger partial charge in [0.05, 0.1) is 0 Å². The number of furan rings is 1. The average Bonchev–Trinajstić information content (AvgIpc) is 2.87. The third kappa shape index (κ3) is 2.13. The van der Waals surface area contributed by atoms with Crippen molar-refractivity contribution >= 4 is 16.7 Å². The second kappa shape index (κ2) is 4.96. The van der Waals surface area contributed by atoms with E-state index in [0.29, 0.717) is 17.0 Å². The van der Waals surface area contributed by atoms with Crippen LogP contribution in [0.4, 0.5) is 10.1 Å². The number of hydrazine groups is 1. The lowest BCUT2D eigenvalue weighted by molar-refractivity contribution is 0.476. The second-order valence-electron chi connectivity index (χ2n) is 4.56. The normalized spacial score (nSPS) is 12.7. The summed E-state index contributed by atoms with van der Waals surface area (Å²) in [4.78, 5) is 0. The molecule has 0 radical (unpaired) electrons. The maximum atomic E-state index is 13.4. The molecule has 5 heteroatoms. The van der Waals surface area contributed by atoms with Crippen molar-refractivity contribution in [3.05, 3.63) is 65.7 Å². The first-order chi connectivity index (χ1) is 9.69. The zero-order chi connectivity index (χ0) is 14.1. The predicted octanol–water partition coefficient (Wildman–Crippen LogP) is 2.71. The van der Waals surface area contributed by atoms with E-state index in [4.69, 9.17) is 16.0 Å². The van der Waals surface area contributed by atoms with Crippen molar-refractivity contribution in [2.75, 3.05) is 5.73 Å². The Balaban J connectivity index is 2.11. The van der Waals surface area contributed by atoms with Crippen LogP contribution in [0.1, 0.15) is 17.4 Å². The maximum Gasteiger partial charge on any atom is 0.134 e. The molecule has 1 atom stereocenters. The molecule has 3 rings (SSSR count). The summed E-state index contributed by atoms with van der Waals surface area (Å²) < 4.78 is 19.2. The molecule has 0 fully saturated rings. The van der Waals surface area contributed by atoms with E-state index in [0.717, 1.165) is 11.0 Å². The largest absolute Gasteiger partial charge is 0.459 e. The van der Waals surface area contributed by atoms with Gasteiger partial charge >= 0.3 is 0 Å². The minimum Gasteiger partial charge on any atom is -0.459 e. The lowest BCUT2D eigenvalue weighted by Gasteiger charge is -2.16. The monoisotopic (exact) mass is 271 g/mol. The van der Waals surface area contributed by atoms with Gasteiger partial charge in [-0.25, -0.2) is 9.82 Å². The highest BCUT2D eigenvalue weighted by Crippen LogP contribution is 2.30. The van der Waals surface area contributed by atoms with Gasteiger partial charge in [-0.05, 0) is 30.3 Å². The minimum atomic E-state index is -0.502. The standard InChI is InChI=1S/C15H14FN3O/c16-10-5-6-12(17)11(8-10)15(19-18)14-7-9-3-1-2-4-13(9)20-14/h1-8,15,19H,17-18H2. The van der Waals surface area contributed by atoms with E-state index in [2.05, 4.69) is 5.43 Å². The highest BCUT2D eigenvalue weighted by Gasteiger charge is 2.20. The molecule has 4 nitrogen and oxygen atoms in total. The van der Waals surface area contributed by atoms with Crippen LogP contribution in [-0.2, 0) is 0 Å². The number of anilines is 1. The van der Waals surface area contributed by atoms with Gasteiger partial charge in [0.2, 0.25) is 0 Å². The number of nitrogens with one attached hydrogen (secondary N) is 1. The number of para-hydroxylation sites is 1. The Morgan fingerprint density at radius 2 is 1.90 bits per heavy atom. The van der Waals surface area contributed by atoms with E-state index in [9.17, 15) is 4.39 Å². The van der Waals surface area contributed by atoms with Crippen LogP contribution in [0.3, 0.4) is 0 Å². The van der Waals surface area contributed by atoms with Crippen LogP contribution in [0.25, 0.3) is 11.0 Å². The quantitative estimate of drug-likeness (QED) is 0.389. The van der Waals surface area contributed by atoms with Crippen LogP contribution in [0.15, 0.2) is 52.9 Å². The molecule has 0 spiro atoms. The molecule has 0 amide bonds. The molecule has 102 valence electrons. The summed E-state index contributed by atoms with van der Waals surface area (Å²) >= 11 is 0. The number of halogens is 1. The summed E-state index contributed by atoms with van der Waals surface area (Å²) in [6.07, 6.45) is 0. The number of hydrogen-bond acceptors (Lipinski definition) is 4. The van der Waals surface area contributed by atoms with Crippen molar-refractivity contribution in [1.29, 1.82) is 0 Å². The van der Waals surface area contributed by atoms with Gasteiger partial charge in [0.1, 0.15) is 23.2 Å². The Bertz CT molecular complexity index is 721. The Labute approximate surface area is 115 Å². The molecule has 20 heavy (non-hydrogen) atoms.